The molecule has 0 atom stereocenters. The number of nitrogens with zero attached hydrogens (tertiary/aromatic N) is 2. The number of hydrogen-bond donors (Lipinski definition) is 0. The lowest BCUT2D eigenvalue weighted by atomic mass is 10.0. The maximum absolute atomic E-state index is 2.55. The number of hydrogen-bond acceptors (Lipinski definition) is 2. The van der Waals surface area contributed by atoms with Gasteiger partial charge in [0.05, 0.1) is 0 Å². The summed E-state index contributed by atoms with van der Waals surface area (Å²) in [4.78, 5) is 5.00. The van der Waals surface area contributed by atoms with Crippen molar-refractivity contribution in [3.05, 3.63) is 29.8 Å². The first kappa shape index (κ1) is 13.4. The summed E-state index contributed by atoms with van der Waals surface area (Å²) in [5.41, 5.74) is 2.86. The molecular formula is C16H26N2. The summed E-state index contributed by atoms with van der Waals surface area (Å²) < 4.78 is 0. The van der Waals surface area contributed by atoms with Crippen molar-refractivity contribution in [1.29, 1.82) is 0 Å². The van der Waals surface area contributed by atoms with E-state index in [4.69, 9.17) is 0 Å². The molecule has 18 heavy (non-hydrogen) atoms. The Morgan fingerprint density at radius 3 is 2.28 bits per heavy atom. The molecule has 1 saturated heterocycles. The van der Waals surface area contributed by atoms with Gasteiger partial charge in [0.15, 0.2) is 0 Å². The molecule has 2 rings (SSSR count). The highest BCUT2D eigenvalue weighted by Gasteiger charge is 2.11. The van der Waals surface area contributed by atoms with E-state index < -0.39 is 0 Å². The lowest BCUT2D eigenvalue weighted by Gasteiger charge is -2.30. The molecule has 1 fully saturated rings. The molecule has 1 aliphatic heterocycles. The quantitative estimate of drug-likeness (QED) is 0.789. The first-order chi connectivity index (χ1) is 8.66. The van der Waals surface area contributed by atoms with Crippen molar-refractivity contribution in [2.75, 3.05) is 38.1 Å². The molecule has 1 aromatic rings. The van der Waals surface area contributed by atoms with E-state index in [1.807, 2.05) is 0 Å². The van der Waals surface area contributed by atoms with Crippen LogP contribution < -0.4 is 4.90 Å². The second-order valence-electron chi connectivity index (χ2n) is 5.75. The summed E-state index contributed by atoms with van der Waals surface area (Å²) >= 11 is 0. The predicted octanol–water partition coefficient (Wildman–Crippen LogP) is 3.34. The number of rotatable bonds is 2. The molecule has 0 unspecified atom stereocenters. The molecule has 1 heterocycles. The molecule has 1 aromatic carbocycles. The summed E-state index contributed by atoms with van der Waals surface area (Å²) in [6.07, 6.45) is 2.53. The molecule has 1 aliphatic rings. The van der Waals surface area contributed by atoms with Gasteiger partial charge in [0.25, 0.3) is 0 Å². The predicted molar refractivity (Wildman–Crippen MR) is 79.5 cm³/mol. The molecule has 0 saturated carbocycles. The van der Waals surface area contributed by atoms with E-state index in [9.17, 15) is 0 Å². The van der Waals surface area contributed by atoms with Gasteiger partial charge >= 0.3 is 0 Å². The number of benzene rings is 1. The molecule has 0 radical (unpaired) electrons. The molecule has 100 valence electrons. The van der Waals surface area contributed by atoms with Crippen molar-refractivity contribution in [2.24, 2.45) is 0 Å². The molecule has 0 aliphatic carbocycles. The molecule has 0 aromatic heterocycles. The summed E-state index contributed by atoms with van der Waals surface area (Å²) in [7, 11) is 2.23. The van der Waals surface area contributed by atoms with Crippen LogP contribution in [-0.4, -0.2) is 38.1 Å². The highest BCUT2D eigenvalue weighted by molar-refractivity contribution is 5.49. The van der Waals surface area contributed by atoms with Crippen LogP contribution in [0.2, 0.25) is 0 Å². The van der Waals surface area contributed by atoms with Gasteiger partial charge in [-0.15, -0.1) is 0 Å². The van der Waals surface area contributed by atoms with Crippen LogP contribution in [0.1, 0.15) is 38.2 Å². The van der Waals surface area contributed by atoms with E-state index in [1.54, 1.807) is 0 Å². The Morgan fingerprint density at radius 1 is 1.00 bits per heavy atom. The first-order valence-corrected chi connectivity index (χ1v) is 7.20. The van der Waals surface area contributed by atoms with Gasteiger partial charge in [0.2, 0.25) is 0 Å². The Hall–Kier alpha value is -1.02. The second kappa shape index (κ2) is 6.24. The van der Waals surface area contributed by atoms with Crippen LogP contribution in [-0.2, 0) is 0 Å². The second-order valence-corrected chi connectivity index (χ2v) is 5.75. The highest BCUT2D eigenvalue weighted by atomic mass is 15.2. The van der Waals surface area contributed by atoms with E-state index in [0.29, 0.717) is 5.92 Å². The smallest absolute Gasteiger partial charge is 0.0369 e. The maximum Gasteiger partial charge on any atom is 0.0369 e. The number of anilines is 1. The highest BCUT2D eigenvalue weighted by Crippen LogP contribution is 2.22. The van der Waals surface area contributed by atoms with Gasteiger partial charge in [-0.05, 0) is 56.6 Å². The Labute approximate surface area is 112 Å². The lowest BCUT2D eigenvalue weighted by molar-refractivity contribution is 0.313. The van der Waals surface area contributed by atoms with Gasteiger partial charge < -0.3 is 9.80 Å². The Morgan fingerprint density at radius 2 is 1.67 bits per heavy atom. The topological polar surface area (TPSA) is 6.48 Å². The first-order valence-electron chi connectivity index (χ1n) is 7.20. The van der Waals surface area contributed by atoms with Crippen LogP contribution in [0.3, 0.4) is 0 Å². The van der Waals surface area contributed by atoms with Crippen LogP contribution in [0.5, 0.6) is 0 Å². The Bertz CT molecular complexity index is 363. The van der Waals surface area contributed by atoms with Gasteiger partial charge in [-0.2, -0.15) is 0 Å². The lowest BCUT2D eigenvalue weighted by Crippen LogP contribution is -2.34. The van der Waals surface area contributed by atoms with Crippen LogP contribution in [0.25, 0.3) is 0 Å². The van der Waals surface area contributed by atoms with E-state index in [-0.39, 0.29) is 0 Å². The molecule has 0 N–H and O–H groups in total. The van der Waals surface area contributed by atoms with Crippen molar-refractivity contribution in [2.45, 2.75) is 32.6 Å². The van der Waals surface area contributed by atoms with Gasteiger partial charge in [-0.3, -0.25) is 0 Å². The van der Waals surface area contributed by atoms with Crippen molar-refractivity contribution < 1.29 is 0 Å². The minimum absolute atomic E-state index is 0.617. The molecule has 0 amide bonds. The fraction of sp³-hybridized carbons (Fsp3) is 0.625. The van der Waals surface area contributed by atoms with Gasteiger partial charge in [-0.25, -0.2) is 0 Å². The zero-order valence-corrected chi connectivity index (χ0v) is 12.0. The molecule has 0 bridgehead atoms. The molecular weight excluding hydrogens is 220 g/mol. The third-order valence-electron chi connectivity index (χ3n) is 3.84. The average Bonchev–Trinajstić information content (AvgIpc) is 2.34. The minimum Gasteiger partial charge on any atom is -0.371 e. The fourth-order valence-electron chi connectivity index (χ4n) is 2.63. The molecule has 0 spiro atoms. The largest absolute Gasteiger partial charge is 0.371 e. The van der Waals surface area contributed by atoms with Crippen molar-refractivity contribution in [3.63, 3.8) is 0 Å². The average molecular weight is 246 g/mol. The maximum atomic E-state index is 2.55. The SMILES string of the molecule is CC(C)c1cccc(N2CCCN(C)CCC2)c1. The summed E-state index contributed by atoms with van der Waals surface area (Å²) in [5, 5.41) is 0. The summed E-state index contributed by atoms with van der Waals surface area (Å²) in [6, 6.07) is 9.08. The van der Waals surface area contributed by atoms with Gasteiger partial charge in [0, 0.05) is 18.8 Å². The van der Waals surface area contributed by atoms with Gasteiger partial charge in [0.1, 0.15) is 0 Å². The monoisotopic (exact) mass is 246 g/mol. The zero-order valence-electron chi connectivity index (χ0n) is 12.0. The Balaban J connectivity index is 2.07. The third kappa shape index (κ3) is 3.49. The summed E-state index contributed by atoms with van der Waals surface area (Å²) in [6.45, 7) is 9.35. The van der Waals surface area contributed by atoms with Crippen molar-refractivity contribution >= 4 is 5.69 Å². The normalized spacial score (nSPS) is 18.8. The van der Waals surface area contributed by atoms with Crippen molar-refractivity contribution in [1.82, 2.24) is 4.90 Å². The standard InChI is InChI=1S/C16H26N2/c1-14(2)15-7-4-8-16(13-15)18-11-5-9-17(3)10-6-12-18/h4,7-8,13-14H,5-6,9-12H2,1-3H3. The Kier molecular flexibility index (Phi) is 4.65. The minimum atomic E-state index is 0.617. The van der Waals surface area contributed by atoms with Crippen LogP contribution in [0, 0.1) is 0 Å². The van der Waals surface area contributed by atoms with E-state index in [2.05, 4.69) is 55.0 Å². The van der Waals surface area contributed by atoms with E-state index in [0.717, 1.165) is 0 Å². The van der Waals surface area contributed by atoms with Crippen LogP contribution in [0.4, 0.5) is 5.69 Å². The fourth-order valence-corrected chi connectivity index (χ4v) is 2.63. The molecule has 2 nitrogen and oxygen atoms in total. The van der Waals surface area contributed by atoms with Crippen LogP contribution >= 0.6 is 0 Å². The van der Waals surface area contributed by atoms with E-state index in [1.165, 1.54) is 50.3 Å². The van der Waals surface area contributed by atoms with Crippen LogP contribution in [0.15, 0.2) is 24.3 Å². The van der Waals surface area contributed by atoms with Gasteiger partial charge in [-0.1, -0.05) is 26.0 Å². The van der Waals surface area contributed by atoms with E-state index >= 15 is 0 Å². The summed E-state index contributed by atoms with van der Waals surface area (Å²) in [5.74, 6) is 0.617. The zero-order chi connectivity index (χ0) is 13.0. The third-order valence-corrected chi connectivity index (χ3v) is 3.84. The molecule has 2 heteroatoms. The van der Waals surface area contributed by atoms with Crippen molar-refractivity contribution in [3.8, 4) is 0 Å².